The third-order valence-corrected chi connectivity index (χ3v) is 2.22. The van der Waals surface area contributed by atoms with Gasteiger partial charge in [0.15, 0.2) is 0 Å². The second-order valence-electron chi connectivity index (χ2n) is 2.39. The van der Waals surface area contributed by atoms with Gasteiger partial charge in [0.2, 0.25) is 0 Å². The van der Waals surface area contributed by atoms with E-state index in [1.807, 2.05) is 0 Å². The second kappa shape index (κ2) is 7.95. The van der Waals surface area contributed by atoms with Crippen molar-refractivity contribution in [3.8, 4) is 0 Å². The largest absolute Gasteiger partial charge is 1.00 e. The maximum absolute atomic E-state index is 10.5. The molecule has 16 heavy (non-hydrogen) atoms. The zero-order valence-corrected chi connectivity index (χ0v) is 14.1. The molecule has 0 unspecified atom stereocenters. The van der Waals surface area contributed by atoms with Crippen LogP contribution in [0, 0.1) is 0 Å². The molecule has 4 nitrogen and oxygen atoms in total. The van der Waals surface area contributed by atoms with Crippen molar-refractivity contribution in [2.75, 3.05) is 0 Å². The van der Waals surface area contributed by atoms with Crippen LogP contribution < -0.4 is 69.3 Å². The minimum Gasteiger partial charge on any atom is -0.545 e. The topological polar surface area (TPSA) is 80.3 Å². The van der Waals surface area contributed by atoms with Gasteiger partial charge in [0.05, 0.1) is 22.0 Å². The van der Waals surface area contributed by atoms with E-state index < -0.39 is 23.1 Å². The molecule has 1 rings (SSSR count). The summed E-state index contributed by atoms with van der Waals surface area (Å²) in [6, 6.07) is 1.81. The molecule has 0 saturated carbocycles. The van der Waals surface area contributed by atoms with Crippen molar-refractivity contribution < 1.29 is 78.9 Å². The van der Waals surface area contributed by atoms with E-state index in [4.69, 9.17) is 23.2 Å². The summed E-state index contributed by atoms with van der Waals surface area (Å²) >= 11 is 11.0. The first-order valence-corrected chi connectivity index (χ1v) is 4.11. The molecule has 0 aliphatic rings. The van der Waals surface area contributed by atoms with Gasteiger partial charge in [-0.25, -0.2) is 0 Å². The summed E-state index contributed by atoms with van der Waals surface area (Å²) in [5.41, 5.74) is -1.11. The van der Waals surface area contributed by atoms with Crippen LogP contribution in [0.3, 0.4) is 0 Å². The average molecular weight is 279 g/mol. The van der Waals surface area contributed by atoms with E-state index in [2.05, 4.69) is 0 Å². The first-order chi connectivity index (χ1) is 6.43. The standard InChI is InChI=1S/C8H4Cl2O4.2Na/c9-5-1-3(7(11)12)4(8(13)14)2-6(5)10;;/h1-2H,(H,11,12)(H,13,14);;/q;2*+1/p-2. The number of hydrogen-bond acceptors (Lipinski definition) is 4. The van der Waals surface area contributed by atoms with E-state index in [1.54, 1.807) is 0 Å². The van der Waals surface area contributed by atoms with E-state index in [9.17, 15) is 19.8 Å². The van der Waals surface area contributed by atoms with E-state index >= 15 is 0 Å². The fourth-order valence-electron chi connectivity index (χ4n) is 0.885. The average Bonchev–Trinajstić information content (AvgIpc) is 2.08. The summed E-state index contributed by atoms with van der Waals surface area (Å²) in [4.78, 5) is 21.0. The minimum atomic E-state index is -1.65. The third-order valence-electron chi connectivity index (χ3n) is 1.50. The number of carboxylic acid groups (broad SMARTS) is 2. The Hall–Kier alpha value is 0.740. The molecular weight excluding hydrogens is 277 g/mol. The zero-order chi connectivity index (χ0) is 10.9. The van der Waals surface area contributed by atoms with Crippen molar-refractivity contribution in [2.24, 2.45) is 0 Å². The Labute approximate surface area is 146 Å². The summed E-state index contributed by atoms with van der Waals surface area (Å²) in [6.07, 6.45) is 0. The van der Waals surface area contributed by atoms with Crippen LogP contribution in [0.5, 0.6) is 0 Å². The van der Waals surface area contributed by atoms with Crippen LogP contribution in [0.15, 0.2) is 12.1 Å². The normalized spacial score (nSPS) is 8.62. The van der Waals surface area contributed by atoms with Crippen molar-refractivity contribution in [2.45, 2.75) is 0 Å². The number of rotatable bonds is 2. The first kappa shape index (κ1) is 19.1. The van der Waals surface area contributed by atoms with Gasteiger partial charge in [-0.15, -0.1) is 0 Å². The summed E-state index contributed by atoms with van der Waals surface area (Å²) in [5, 5.41) is 20.9. The maximum atomic E-state index is 10.5. The van der Waals surface area contributed by atoms with Gasteiger partial charge in [0.1, 0.15) is 0 Å². The molecule has 0 spiro atoms. The van der Waals surface area contributed by atoms with Crippen LogP contribution in [0.25, 0.3) is 0 Å². The van der Waals surface area contributed by atoms with Crippen LogP contribution in [0.1, 0.15) is 20.7 Å². The maximum Gasteiger partial charge on any atom is 1.00 e. The second-order valence-corrected chi connectivity index (χ2v) is 3.20. The number of carbonyl (C=O) groups is 2. The fraction of sp³-hybridized carbons (Fsp3) is 0. The smallest absolute Gasteiger partial charge is 0.545 e. The van der Waals surface area contributed by atoms with Crippen LogP contribution in [0.2, 0.25) is 10.0 Å². The number of carboxylic acids is 2. The van der Waals surface area contributed by atoms with Crippen molar-refractivity contribution in [1.29, 1.82) is 0 Å². The van der Waals surface area contributed by atoms with Gasteiger partial charge < -0.3 is 19.8 Å². The molecule has 0 radical (unpaired) electrons. The molecule has 1 aromatic carbocycles. The molecule has 0 N–H and O–H groups in total. The monoisotopic (exact) mass is 278 g/mol. The molecule has 0 bridgehead atoms. The van der Waals surface area contributed by atoms with Gasteiger partial charge >= 0.3 is 59.1 Å². The molecule has 0 aromatic heterocycles. The fourth-order valence-corrected chi connectivity index (χ4v) is 1.21. The molecule has 0 aliphatic heterocycles. The number of aromatic carboxylic acids is 2. The quantitative estimate of drug-likeness (QED) is 0.504. The minimum absolute atomic E-state index is 0. The summed E-state index contributed by atoms with van der Waals surface area (Å²) in [7, 11) is 0. The molecule has 0 atom stereocenters. The van der Waals surface area contributed by atoms with Crippen molar-refractivity contribution in [1.82, 2.24) is 0 Å². The van der Waals surface area contributed by atoms with E-state index in [0.29, 0.717) is 0 Å². The van der Waals surface area contributed by atoms with E-state index in [0.717, 1.165) is 12.1 Å². The molecule has 0 fully saturated rings. The molecule has 0 heterocycles. The Bertz CT molecular complexity index is 384. The first-order valence-electron chi connectivity index (χ1n) is 3.35. The predicted octanol–water partition coefficient (Wildman–Crippen LogP) is -6.27. The van der Waals surface area contributed by atoms with Gasteiger partial charge in [-0.3, -0.25) is 0 Å². The Morgan fingerprint density at radius 1 is 0.875 bits per heavy atom. The van der Waals surface area contributed by atoms with Gasteiger partial charge in [-0.2, -0.15) is 0 Å². The van der Waals surface area contributed by atoms with Crippen molar-refractivity contribution in [3.63, 3.8) is 0 Å². The van der Waals surface area contributed by atoms with Crippen LogP contribution >= 0.6 is 23.2 Å². The molecule has 0 amide bonds. The van der Waals surface area contributed by atoms with Gasteiger partial charge in [0.25, 0.3) is 0 Å². The van der Waals surface area contributed by atoms with Gasteiger partial charge in [0, 0.05) is 11.1 Å². The van der Waals surface area contributed by atoms with Crippen molar-refractivity contribution >= 4 is 35.1 Å². The van der Waals surface area contributed by atoms with Crippen LogP contribution in [-0.4, -0.2) is 11.9 Å². The number of halogens is 2. The van der Waals surface area contributed by atoms with Crippen LogP contribution in [-0.2, 0) is 0 Å². The molecule has 1 aromatic rings. The SMILES string of the molecule is O=C([O-])c1cc(Cl)c(Cl)cc1C(=O)[O-].[Na+].[Na+]. The van der Waals surface area contributed by atoms with Crippen molar-refractivity contribution in [3.05, 3.63) is 33.3 Å². The summed E-state index contributed by atoms with van der Waals surface area (Å²) in [6.45, 7) is 0. The molecule has 0 saturated heterocycles. The molecule has 74 valence electrons. The Balaban J connectivity index is 0. The Kier molecular flexibility index (Phi) is 9.48. The Morgan fingerprint density at radius 2 is 1.12 bits per heavy atom. The van der Waals surface area contributed by atoms with Crippen LogP contribution in [0.4, 0.5) is 0 Å². The molecule has 8 heteroatoms. The number of carbonyl (C=O) groups excluding carboxylic acids is 2. The zero-order valence-electron chi connectivity index (χ0n) is 8.54. The van der Waals surface area contributed by atoms with E-state index in [1.165, 1.54) is 0 Å². The predicted molar refractivity (Wildman–Crippen MR) is 45.1 cm³/mol. The van der Waals surface area contributed by atoms with E-state index in [-0.39, 0.29) is 69.2 Å². The molecular formula is C8H2Cl2Na2O4. The van der Waals surface area contributed by atoms with Gasteiger partial charge in [-0.05, 0) is 12.1 Å². The van der Waals surface area contributed by atoms with Gasteiger partial charge in [-0.1, -0.05) is 23.2 Å². The summed E-state index contributed by atoms with van der Waals surface area (Å²) in [5.74, 6) is -3.30. The number of hydrogen-bond donors (Lipinski definition) is 0. The molecule has 0 aliphatic carbocycles. The number of benzene rings is 1. The Morgan fingerprint density at radius 3 is 1.31 bits per heavy atom. The summed E-state index contributed by atoms with van der Waals surface area (Å²) < 4.78 is 0. The third kappa shape index (κ3) is 4.55.